The minimum absolute atomic E-state index is 0.0178. The summed E-state index contributed by atoms with van der Waals surface area (Å²) in [4.78, 5) is 36.3. The lowest BCUT2D eigenvalue weighted by atomic mass is 9.99. The second kappa shape index (κ2) is 7.26. The van der Waals surface area contributed by atoms with Gasteiger partial charge in [-0.25, -0.2) is 4.79 Å². The second-order valence-electron chi connectivity index (χ2n) is 5.91. The van der Waals surface area contributed by atoms with Crippen LogP contribution in [0.15, 0.2) is 24.3 Å². The summed E-state index contributed by atoms with van der Waals surface area (Å²) in [6.45, 7) is 2.64. The molecule has 0 saturated carbocycles. The fourth-order valence-corrected chi connectivity index (χ4v) is 2.83. The van der Waals surface area contributed by atoms with Crippen molar-refractivity contribution in [3.8, 4) is 0 Å². The van der Waals surface area contributed by atoms with Crippen molar-refractivity contribution >= 4 is 17.8 Å². The molecule has 1 aliphatic rings. The number of benzene rings is 1. The van der Waals surface area contributed by atoms with Gasteiger partial charge in [-0.1, -0.05) is 19.1 Å². The van der Waals surface area contributed by atoms with Gasteiger partial charge in [0, 0.05) is 19.5 Å². The molecule has 1 aromatic carbocycles. The van der Waals surface area contributed by atoms with E-state index in [1.165, 1.54) is 7.11 Å². The van der Waals surface area contributed by atoms with Gasteiger partial charge in [0.05, 0.1) is 18.6 Å². The third-order valence-electron chi connectivity index (χ3n) is 4.28. The number of likely N-dealkylation sites (tertiary alicyclic amines) is 1. The second-order valence-corrected chi connectivity index (χ2v) is 5.91. The normalized spacial score (nSPS) is 20.3. The molecule has 1 heterocycles. The smallest absolute Gasteiger partial charge is 0.337 e. The van der Waals surface area contributed by atoms with Crippen molar-refractivity contribution in [2.24, 2.45) is 11.8 Å². The molecule has 0 unspecified atom stereocenters. The summed E-state index contributed by atoms with van der Waals surface area (Å²) in [5.41, 5.74) is 1.42. The largest absolute Gasteiger partial charge is 0.481 e. The standard InChI is InChI=1S/C17H21NO5/c1-11-9-18(10-14(11)16(20)21)15(19)8-5-12-3-6-13(7-4-12)17(22)23-2/h3-4,6-7,11,14H,5,8-10H2,1-2H3,(H,20,21)/t11-,14-/m1/s1. The van der Waals surface area contributed by atoms with Crippen LogP contribution in [0.3, 0.4) is 0 Å². The summed E-state index contributed by atoms with van der Waals surface area (Å²) >= 11 is 0. The number of nitrogens with zero attached hydrogens (tertiary/aromatic N) is 1. The molecule has 0 aliphatic carbocycles. The molecule has 0 aromatic heterocycles. The van der Waals surface area contributed by atoms with E-state index in [0.29, 0.717) is 24.9 Å². The zero-order valence-electron chi connectivity index (χ0n) is 13.3. The fraction of sp³-hybridized carbons (Fsp3) is 0.471. The predicted molar refractivity (Wildman–Crippen MR) is 83.0 cm³/mol. The van der Waals surface area contributed by atoms with Crippen LogP contribution in [-0.4, -0.2) is 48.1 Å². The number of esters is 1. The van der Waals surface area contributed by atoms with E-state index in [0.717, 1.165) is 5.56 Å². The number of carboxylic acid groups (broad SMARTS) is 1. The van der Waals surface area contributed by atoms with Gasteiger partial charge in [0.25, 0.3) is 0 Å². The van der Waals surface area contributed by atoms with E-state index in [-0.39, 0.29) is 18.4 Å². The lowest BCUT2D eigenvalue weighted by Crippen LogP contribution is -2.30. The average Bonchev–Trinajstić information content (AvgIpc) is 2.94. The third kappa shape index (κ3) is 4.09. The Balaban J connectivity index is 1.87. The molecule has 2 atom stereocenters. The zero-order chi connectivity index (χ0) is 17.0. The molecule has 1 saturated heterocycles. The van der Waals surface area contributed by atoms with E-state index in [2.05, 4.69) is 4.74 Å². The molecular weight excluding hydrogens is 298 g/mol. The van der Waals surface area contributed by atoms with E-state index in [4.69, 9.17) is 5.11 Å². The van der Waals surface area contributed by atoms with Crippen molar-refractivity contribution in [1.29, 1.82) is 0 Å². The summed E-state index contributed by atoms with van der Waals surface area (Å²) in [7, 11) is 1.33. The van der Waals surface area contributed by atoms with Crippen LogP contribution in [0.1, 0.15) is 29.3 Å². The molecular formula is C17H21NO5. The van der Waals surface area contributed by atoms with E-state index >= 15 is 0 Å². The average molecular weight is 319 g/mol. The summed E-state index contributed by atoms with van der Waals surface area (Å²) in [5.74, 6) is -1.75. The number of amides is 1. The molecule has 1 aromatic rings. The van der Waals surface area contributed by atoms with Crippen LogP contribution in [0, 0.1) is 11.8 Å². The van der Waals surface area contributed by atoms with Crippen molar-refractivity contribution in [2.45, 2.75) is 19.8 Å². The molecule has 0 radical (unpaired) electrons. The van der Waals surface area contributed by atoms with Crippen LogP contribution >= 0.6 is 0 Å². The quantitative estimate of drug-likeness (QED) is 0.833. The lowest BCUT2D eigenvalue weighted by molar-refractivity contribution is -0.142. The van der Waals surface area contributed by atoms with Crippen molar-refractivity contribution in [2.75, 3.05) is 20.2 Å². The number of aryl methyl sites for hydroxylation is 1. The highest BCUT2D eigenvalue weighted by atomic mass is 16.5. The van der Waals surface area contributed by atoms with Crippen LogP contribution in [0.4, 0.5) is 0 Å². The predicted octanol–water partition coefficient (Wildman–Crippen LogP) is 1.58. The van der Waals surface area contributed by atoms with Crippen molar-refractivity contribution in [3.05, 3.63) is 35.4 Å². The van der Waals surface area contributed by atoms with Gasteiger partial charge in [-0.2, -0.15) is 0 Å². The molecule has 1 N–H and O–H groups in total. The number of hydrogen-bond acceptors (Lipinski definition) is 4. The molecule has 6 nitrogen and oxygen atoms in total. The van der Waals surface area contributed by atoms with Gasteiger partial charge in [0.15, 0.2) is 0 Å². The Morgan fingerprint density at radius 3 is 2.39 bits per heavy atom. The van der Waals surface area contributed by atoms with Gasteiger partial charge < -0.3 is 14.7 Å². The van der Waals surface area contributed by atoms with Gasteiger partial charge in [-0.05, 0) is 30.0 Å². The topological polar surface area (TPSA) is 83.9 Å². The third-order valence-corrected chi connectivity index (χ3v) is 4.28. The Labute approximate surface area is 135 Å². The molecule has 1 fully saturated rings. The molecule has 0 spiro atoms. The number of aliphatic carboxylic acids is 1. The van der Waals surface area contributed by atoms with Gasteiger partial charge in [-0.15, -0.1) is 0 Å². The monoisotopic (exact) mass is 319 g/mol. The Morgan fingerprint density at radius 2 is 1.87 bits per heavy atom. The summed E-state index contributed by atoms with van der Waals surface area (Å²) in [6, 6.07) is 6.94. The van der Waals surface area contributed by atoms with Crippen molar-refractivity contribution < 1.29 is 24.2 Å². The van der Waals surface area contributed by atoms with Crippen LogP contribution in [-0.2, 0) is 20.7 Å². The van der Waals surface area contributed by atoms with Crippen molar-refractivity contribution in [3.63, 3.8) is 0 Å². The summed E-state index contributed by atoms with van der Waals surface area (Å²) in [6.07, 6.45) is 0.888. The first-order valence-corrected chi connectivity index (χ1v) is 7.60. The van der Waals surface area contributed by atoms with Gasteiger partial charge >= 0.3 is 11.9 Å². The Kier molecular flexibility index (Phi) is 5.36. The number of carboxylic acids is 1. The van der Waals surface area contributed by atoms with Gasteiger partial charge in [0.1, 0.15) is 0 Å². The highest BCUT2D eigenvalue weighted by Gasteiger charge is 2.36. The van der Waals surface area contributed by atoms with E-state index < -0.39 is 17.9 Å². The molecule has 124 valence electrons. The molecule has 1 amide bonds. The van der Waals surface area contributed by atoms with Gasteiger partial charge in [0.2, 0.25) is 5.91 Å². The van der Waals surface area contributed by atoms with Crippen LogP contribution < -0.4 is 0 Å². The van der Waals surface area contributed by atoms with Crippen LogP contribution in [0.2, 0.25) is 0 Å². The number of ether oxygens (including phenoxy) is 1. The summed E-state index contributed by atoms with van der Waals surface area (Å²) < 4.78 is 4.63. The first kappa shape index (κ1) is 17.0. The number of carbonyl (C=O) groups excluding carboxylic acids is 2. The first-order chi connectivity index (χ1) is 10.9. The van der Waals surface area contributed by atoms with E-state index in [1.807, 2.05) is 6.92 Å². The highest BCUT2D eigenvalue weighted by Crippen LogP contribution is 2.24. The Hall–Kier alpha value is -2.37. The maximum Gasteiger partial charge on any atom is 0.337 e. The van der Waals surface area contributed by atoms with E-state index in [9.17, 15) is 14.4 Å². The van der Waals surface area contributed by atoms with Gasteiger partial charge in [-0.3, -0.25) is 9.59 Å². The lowest BCUT2D eigenvalue weighted by Gasteiger charge is -2.15. The zero-order valence-corrected chi connectivity index (χ0v) is 13.3. The molecule has 0 bridgehead atoms. The highest BCUT2D eigenvalue weighted by molar-refractivity contribution is 5.89. The number of hydrogen-bond donors (Lipinski definition) is 1. The van der Waals surface area contributed by atoms with E-state index in [1.54, 1.807) is 29.2 Å². The molecule has 1 aliphatic heterocycles. The van der Waals surface area contributed by atoms with Crippen LogP contribution in [0.5, 0.6) is 0 Å². The minimum atomic E-state index is -0.841. The number of rotatable bonds is 5. The number of methoxy groups -OCH3 is 1. The maximum absolute atomic E-state index is 12.2. The number of carbonyl (C=O) groups is 3. The molecule has 6 heteroatoms. The summed E-state index contributed by atoms with van der Waals surface area (Å²) in [5, 5.41) is 9.11. The molecule has 23 heavy (non-hydrogen) atoms. The SMILES string of the molecule is COC(=O)c1ccc(CCC(=O)N2C[C@@H](C)[C@H](C(=O)O)C2)cc1. The van der Waals surface area contributed by atoms with Crippen molar-refractivity contribution in [1.82, 2.24) is 4.90 Å². The maximum atomic E-state index is 12.2. The van der Waals surface area contributed by atoms with Crippen LogP contribution in [0.25, 0.3) is 0 Å². The molecule has 2 rings (SSSR count). The first-order valence-electron chi connectivity index (χ1n) is 7.60. The Morgan fingerprint density at radius 1 is 1.22 bits per heavy atom. The minimum Gasteiger partial charge on any atom is -0.481 e. The fourth-order valence-electron chi connectivity index (χ4n) is 2.83. The Bertz CT molecular complexity index is 596.